The molecule has 0 aliphatic carbocycles. The van der Waals surface area contributed by atoms with Crippen molar-refractivity contribution in [3.63, 3.8) is 0 Å². The maximum Gasteiger partial charge on any atom is 0.338 e. The highest BCUT2D eigenvalue weighted by molar-refractivity contribution is 5.95. The van der Waals surface area contributed by atoms with Gasteiger partial charge in [-0.05, 0) is 48.9 Å². The van der Waals surface area contributed by atoms with Crippen LogP contribution in [0.4, 0.5) is 5.69 Å². The van der Waals surface area contributed by atoms with Crippen molar-refractivity contribution in [2.24, 2.45) is 0 Å². The van der Waals surface area contributed by atoms with Crippen LogP contribution in [0.2, 0.25) is 0 Å². The zero-order valence-corrected chi connectivity index (χ0v) is 16.4. The van der Waals surface area contributed by atoms with Gasteiger partial charge < -0.3 is 20.1 Å². The number of hydrogen-bond acceptors (Lipinski definition) is 5. The van der Waals surface area contributed by atoms with Gasteiger partial charge in [-0.15, -0.1) is 0 Å². The van der Waals surface area contributed by atoms with E-state index in [2.05, 4.69) is 10.6 Å². The van der Waals surface area contributed by atoms with Gasteiger partial charge in [0.05, 0.1) is 19.3 Å². The Morgan fingerprint density at radius 2 is 1.83 bits per heavy atom. The van der Waals surface area contributed by atoms with E-state index in [4.69, 9.17) is 9.47 Å². The minimum Gasteiger partial charge on any atom is -0.497 e. The summed E-state index contributed by atoms with van der Waals surface area (Å²) in [5, 5.41) is 5.35. The summed E-state index contributed by atoms with van der Waals surface area (Å²) in [4.78, 5) is 35.6. The van der Waals surface area contributed by atoms with E-state index in [-0.39, 0.29) is 31.4 Å². The first kappa shape index (κ1) is 21.7. The molecule has 0 heterocycles. The van der Waals surface area contributed by atoms with E-state index in [0.29, 0.717) is 11.3 Å². The summed E-state index contributed by atoms with van der Waals surface area (Å²) in [7, 11) is 1.59. The molecular weight excluding hydrogens is 372 g/mol. The van der Waals surface area contributed by atoms with Crippen LogP contribution in [-0.2, 0) is 14.3 Å². The molecule has 0 spiro atoms. The van der Waals surface area contributed by atoms with Crippen molar-refractivity contribution in [1.29, 1.82) is 0 Å². The Bertz CT molecular complexity index is 875. The number of ether oxygens (including phenoxy) is 2. The molecule has 2 N–H and O–H groups in total. The van der Waals surface area contributed by atoms with Crippen LogP contribution in [0.25, 0.3) is 6.08 Å². The van der Waals surface area contributed by atoms with Gasteiger partial charge in [0.1, 0.15) is 5.75 Å². The van der Waals surface area contributed by atoms with E-state index in [1.54, 1.807) is 56.5 Å². The quantitative estimate of drug-likeness (QED) is 0.502. The molecule has 0 aromatic heterocycles. The number of esters is 1. The zero-order chi connectivity index (χ0) is 21.1. The molecule has 0 atom stereocenters. The lowest BCUT2D eigenvalue weighted by atomic mass is 10.2. The number of carbonyl (C=O) groups is 3. The lowest BCUT2D eigenvalue weighted by Gasteiger charge is -2.07. The van der Waals surface area contributed by atoms with Gasteiger partial charge in [-0.3, -0.25) is 9.59 Å². The van der Waals surface area contributed by atoms with Crippen molar-refractivity contribution >= 4 is 29.5 Å². The maximum atomic E-state index is 12.0. The molecular formula is C22H24N2O5. The summed E-state index contributed by atoms with van der Waals surface area (Å²) in [6.07, 6.45) is 3.18. The standard InChI is InChI=1S/C22H24N2O5/c1-3-29-22(27)17-5-4-6-18(15-17)24-21(26)13-14-23-20(25)12-9-16-7-10-19(28-2)11-8-16/h4-12,15H,3,13-14H2,1-2H3,(H,23,25)(H,24,26)/b12-9+. The minimum absolute atomic E-state index is 0.103. The summed E-state index contributed by atoms with van der Waals surface area (Å²) in [6, 6.07) is 13.8. The van der Waals surface area contributed by atoms with Crippen LogP contribution >= 0.6 is 0 Å². The SMILES string of the molecule is CCOC(=O)c1cccc(NC(=O)CCNC(=O)/C=C/c2ccc(OC)cc2)c1. The number of methoxy groups -OCH3 is 1. The summed E-state index contributed by atoms with van der Waals surface area (Å²) in [5.41, 5.74) is 1.72. The number of amides is 2. The third-order valence-electron chi connectivity index (χ3n) is 3.85. The van der Waals surface area contributed by atoms with E-state index in [9.17, 15) is 14.4 Å². The highest BCUT2D eigenvalue weighted by Gasteiger charge is 2.08. The first-order valence-electron chi connectivity index (χ1n) is 9.19. The molecule has 29 heavy (non-hydrogen) atoms. The van der Waals surface area contributed by atoms with Crippen molar-refractivity contribution < 1.29 is 23.9 Å². The zero-order valence-electron chi connectivity index (χ0n) is 16.4. The fourth-order valence-corrected chi connectivity index (χ4v) is 2.41. The Kier molecular flexibility index (Phi) is 8.44. The Labute approximate surface area is 169 Å². The molecule has 0 bridgehead atoms. The van der Waals surface area contributed by atoms with Crippen LogP contribution in [-0.4, -0.2) is 38.0 Å². The second-order valence-corrected chi connectivity index (χ2v) is 6.00. The van der Waals surface area contributed by atoms with Gasteiger partial charge in [0.2, 0.25) is 11.8 Å². The van der Waals surface area contributed by atoms with E-state index < -0.39 is 5.97 Å². The maximum absolute atomic E-state index is 12.0. The fourth-order valence-electron chi connectivity index (χ4n) is 2.41. The van der Waals surface area contributed by atoms with Gasteiger partial charge in [-0.1, -0.05) is 18.2 Å². The molecule has 2 amide bonds. The molecule has 0 aliphatic rings. The van der Waals surface area contributed by atoms with Crippen LogP contribution in [0, 0.1) is 0 Å². The number of hydrogen-bond donors (Lipinski definition) is 2. The van der Waals surface area contributed by atoms with Crippen LogP contribution < -0.4 is 15.4 Å². The van der Waals surface area contributed by atoms with Gasteiger partial charge in [0, 0.05) is 24.7 Å². The second-order valence-electron chi connectivity index (χ2n) is 6.00. The van der Waals surface area contributed by atoms with Crippen LogP contribution in [0.1, 0.15) is 29.3 Å². The summed E-state index contributed by atoms with van der Waals surface area (Å²) >= 11 is 0. The van der Waals surface area contributed by atoms with E-state index in [0.717, 1.165) is 11.3 Å². The molecule has 0 radical (unpaired) electrons. The van der Waals surface area contributed by atoms with E-state index >= 15 is 0 Å². The Balaban J connectivity index is 1.76. The first-order chi connectivity index (χ1) is 14.0. The molecule has 2 aromatic rings. The fraction of sp³-hybridized carbons (Fsp3) is 0.227. The first-order valence-corrected chi connectivity index (χ1v) is 9.19. The molecule has 152 valence electrons. The molecule has 0 unspecified atom stereocenters. The third-order valence-corrected chi connectivity index (χ3v) is 3.85. The molecule has 2 aromatic carbocycles. The second kappa shape index (κ2) is 11.3. The minimum atomic E-state index is -0.445. The normalized spacial score (nSPS) is 10.4. The summed E-state index contributed by atoms with van der Waals surface area (Å²) in [5.74, 6) is -0.270. The number of anilines is 1. The van der Waals surface area contributed by atoms with Gasteiger partial charge in [-0.2, -0.15) is 0 Å². The largest absolute Gasteiger partial charge is 0.497 e. The Hall–Kier alpha value is -3.61. The highest BCUT2D eigenvalue weighted by Crippen LogP contribution is 2.13. The molecule has 0 fully saturated rings. The van der Waals surface area contributed by atoms with E-state index in [1.807, 2.05) is 12.1 Å². The van der Waals surface area contributed by atoms with E-state index in [1.165, 1.54) is 6.08 Å². The Morgan fingerprint density at radius 3 is 2.52 bits per heavy atom. The molecule has 7 heteroatoms. The third kappa shape index (κ3) is 7.50. The number of carbonyl (C=O) groups excluding carboxylic acids is 3. The van der Waals surface area contributed by atoms with Crippen LogP contribution in [0.15, 0.2) is 54.6 Å². The predicted molar refractivity (Wildman–Crippen MR) is 111 cm³/mol. The van der Waals surface area contributed by atoms with Gasteiger partial charge >= 0.3 is 5.97 Å². The average molecular weight is 396 g/mol. The number of rotatable bonds is 9. The smallest absolute Gasteiger partial charge is 0.338 e. The highest BCUT2D eigenvalue weighted by atomic mass is 16.5. The van der Waals surface area contributed by atoms with Crippen molar-refractivity contribution in [3.8, 4) is 5.75 Å². The molecule has 7 nitrogen and oxygen atoms in total. The van der Waals surface area contributed by atoms with Gasteiger partial charge in [0.15, 0.2) is 0 Å². The van der Waals surface area contributed by atoms with Crippen molar-refractivity contribution in [3.05, 3.63) is 65.7 Å². The number of nitrogens with one attached hydrogen (secondary N) is 2. The average Bonchev–Trinajstić information content (AvgIpc) is 2.73. The summed E-state index contributed by atoms with van der Waals surface area (Å²) < 4.78 is 10.0. The Morgan fingerprint density at radius 1 is 1.07 bits per heavy atom. The van der Waals surface area contributed by atoms with Crippen molar-refractivity contribution in [2.75, 3.05) is 25.6 Å². The van der Waals surface area contributed by atoms with Gasteiger partial charge in [0.25, 0.3) is 0 Å². The van der Waals surface area contributed by atoms with Crippen molar-refractivity contribution in [2.45, 2.75) is 13.3 Å². The van der Waals surface area contributed by atoms with Gasteiger partial charge in [-0.25, -0.2) is 4.79 Å². The molecule has 0 aliphatic heterocycles. The molecule has 2 rings (SSSR count). The van der Waals surface area contributed by atoms with Crippen LogP contribution in [0.5, 0.6) is 5.75 Å². The predicted octanol–water partition coefficient (Wildman–Crippen LogP) is 3.03. The monoisotopic (exact) mass is 396 g/mol. The summed E-state index contributed by atoms with van der Waals surface area (Å²) in [6.45, 7) is 2.20. The van der Waals surface area contributed by atoms with Crippen LogP contribution in [0.3, 0.4) is 0 Å². The lowest BCUT2D eigenvalue weighted by Crippen LogP contribution is -2.26. The number of benzene rings is 2. The molecule has 0 saturated carbocycles. The topological polar surface area (TPSA) is 93.7 Å². The molecule has 0 saturated heterocycles. The lowest BCUT2D eigenvalue weighted by molar-refractivity contribution is -0.117. The van der Waals surface area contributed by atoms with Crippen molar-refractivity contribution in [1.82, 2.24) is 5.32 Å².